The third-order valence-electron chi connectivity index (χ3n) is 1.52. The van der Waals surface area contributed by atoms with E-state index in [9.17, 15) is 30.7 Å². The summed E-state index contributed by atoms with van der Waals surface area (Å²) in [5, 5.41) is 4.61. The molecule has 0 bridgehead atoms. The maximum absolute atomic E-state index is 12.8. The van der Waals surface area contributed by atoms with E-state index in [1.54, 1.807) is 0 Å². The van der Waals surface area contributed by atoms with Crippen molar-refractivity contribution in [1.82, 2.24) is 15.2 Å². The zero-order valence-corrected chi connectivity index (χ0v) is 7.88. The van der Waals surface area contributed by atoms with E-state index in [1.165, 1.54) is 4.98 Å². The minimum Gasteiger partial charge on any atom is -0.315 e. The summed E-state index contributed by atoms with van der Waals surface area (Å²) < 4.78 is 85.6. The van der Waals surface area contributed by atoms with Gasteiger partial charge in [0, 0.05) is 0 Å². The van der Waals surface area contributed by atoms with Gasteiger partial charge in [0.05, 0.1) is 0 Å². The number of H-pyrrole nitrogens is 1. The number of nitrogens with zero attached hydrogens (tertiary/aromatic N) is 2. The Hall–Kier alpha value is -1.00. The Morgan fingerprint density at radius 1 is 0.938 bits per heavy atom. The normalized spacial score (nSPS) is 14.2. The molecule has 1 N–H and O–H groups in total. The van der Waals surface area contributed by atoms with E-state index in [2.05, 4.69) is 22.8 Å². The zero-order chi connectivity index (χ0) is 12.8. The lowest BCUT2D eigenvalue weighted by Gasteiger charge is -2.26. The molecule has 0 atom stereocenters. The molecule has 0 radical (unpaired) electrons. The van der Waals surface area contributed by atoms with Gasteiger partial charge >= 0.3 is 18.0 Å². The summed E-state index contributed by atoms with van der Waals surface area (Å²) in [5.74, 6) is -13.7. The summed E-state index contributed by atoms with van der Waals surface area (Å²) in [5.41, 5.74) is 0. The second kappa shape index (κ2) is 3.50. The Morgan fingerprint density at radius 2 is 1.44 bits per heavy atom. The lowest BCUT2D eigenvalue weighted by Crippen LogP contribution is -2.50. The summed E-state index contributed by atoms with van der Waals surface area (Å²) in [6.07, 6.45) is -6.40. The second-order valence-electron chi connectivity index (χ2n) is 2.64. The van der Waals surface area contributed by atoms with Crippen molar-refractivity contribution in [2.75, 3.05) is 0 Å². The lowest BCUT2D eigenvalue weighted by atomic mass is 10.1. The van der Waals surface area contributed by atoms with Crippen LogP contribution < -0.4 is 0 Å². The van der Waals surface area contributed by atoms with Crippen LogP contribution in [0, 0.1) is 0 Å². The van der Waals surface area contributed by atoms with Crippen molar-refractivity contribution < 1.29 is 30.7 Å². The number of thiol groups is 1. The van der Waals surface area contributed by atoms with Crippen molar-refractivity contribution in [1.29, 1.82) is 0 Å². The molecule has 0 spiro atoms. The number of hydrogen-bond acceptors (Lipinski definition) is 3. The summed E-state index contributed by atoms with van der Waals surface area (Å²) in [7, 11) is 0. The van der Waals surface area contributed by atoms with Gasteiger partial charge in [-0.2, -0.15) is 30.7 Å². The predicted octanol–water partition coefficient (Wildman–Crippen LogP) is 2.38. The summed E-state index contributed by atoms with van der Waals surface area (Å²) in [6.45, 7) is 0. The van der Waals surface area contributed by atoms with Gasteiger partial charge in [0.1, 0.15) is 0 Å². The van der Waals surface area contributed by atoms with Crippen LogP contribution in [0.15, 0.2) is 5.16 Å². The van der Waals surface area contributed by atoms with Gasteiger partial charge in [-0.3, -0.25) is 0 Å². The molecule has 0 unspecified atom stereocenters. The van der Waals surface area contributed by atoms with E-state index in [4.69, 9.17) is 0 Å². The van der Waals surface area contributed by atoms with E-state index >= 15 is 0 Å². The van der Waals surface area contributed by atoms with Crippen LogP contribution in [0.4, 0.5) is 30.7 Å². The Balaban J connectivity index is 3.21. The molecule has 0 saturated carbocycles. The molecule has 0 saturated heterocycles. The largest absolute Gasteiger partial charge is 0.460 e. The van der Waals surface area contributed by atoms with Crippen LogP contribution in [0.5, 0.6) is 0 Å². The van der Waals surface area contributed by atoms with Gasteiger partial charge in [-0.25, -0.2) is 0 Å². The minimum absolute atomic E-state index is 0.604. The monoisotopic (exact) mass is 269 g/mol. The van der Waals surface area contributed by atoms with Crippen molar-refractivity contribution in [3.05, 3.63) is 5.82 Å². The van der Waals surface area contributed by atoms with Crippen LogP contribution in [0.3, 0.4) is 0 Å². The molecule has 1 aromatic rings. The molecular formula is C5H2F7N3S. The average Bonchev–Trinajstić information content (AvgIpc) is 2.49. The van der Waals surface area contributed by atoms with Crippen LogP contribution in [0.2, 0.25) is 0 Å². The van der Waals surface area contributed by atoms with Gasteiger partial charge < -0.3 is 4.98 Å². The fraction of sp³-hybridized carbons (Fsp3) is 0.600. The first kappa shape index (κ1) is 13.1. The number of halogens is 7. The molecular weight excluding hydrogens is 267 g/mol. The molecule has 0 aliphatic rings. The van der Waals surface area contributed by atoms with Crippen molar-refractivity contribution in [2.24, 2.45) is 0 Å². The molecule has 0 amide bonds. The molecule has 0 fully saturated rings. The Morgan fingerprint density at radius 3 is 1.75 bits per heavy atom. The number of hydrogen-bond donors (Lipinski definition) is 2. The molecule has 1 aromatic heterocycles. The quantitative estimate of drug-likeness (QED) is 0.639. The van der Waals surface area contributed by atoms with Crippen molar-refractivity contribution in [3.8, 4) is 0 Å². The highest BCUT2D eigenvalue weighted by atomic mass is 32.1. The molecule has 92 valence electrons. The Kier molecular flexibility index (Phi) is 2.86. The highest BCUT2D eigenvalue weighted by molar-refractivity contribution is 7.80. The van der Waals surface area contributed by atoms with Crippen molar-refractivity contribution >= 4 is 12.6 Å². The SMILES string of the molecule is FC(F)(F)C(F)(F)C(F)(F)c1nnc(S)[nH]1. The molecule has 1 heterocycles. The number of rotatable bonds is 2. The van der Waals surface area contributed by atoms with E-state index in [-0.39, 0.29) is 0 Å². The first-order valence-corrected chi connectivity index (χ1v) is 3.89. The second-order valence-corrected chi connectivity index (χ2v) is 3.07. The van der Waals surface area contributed by atoms with Crippen LogP contribution in [-0.2, 0) is 5.92 Å². The van der Waals surface area contributed by atoms with E-state index < -0.39 is 29.0 Å². The summed E-state index contributed by atoms with van der Waals surface area (Å²) in [4.78, 5) is 1.41. The lowest BCUT2D eigenvalue weighted by molar-refractivity contribution is -0.361. The minimum atomic E-state index is -6.40. The molecule has 3 nitrogen and oxygen atoms in total. The van der Waals surface area contributed by atoms with Gasteiger partial charge in [0.2, 0.25) is 5.82 Å². The average molecular weight is 269 g/mol. The van der Waals surface area contributed by atoms with Crippen LogP contribution in [-0.4, -0.2) is 27.3 Å². The molecule has 0 aliphatic heterocycles. The topological polar surface area (TPSA) is 41.6 Å². The van der Waals surface area contributed by atoms with Crippen molar-refractivity contribution in [2.45, 2.75) is 23.2 Å². The first-order chi connectivity index (χ1) is 7.00. The highest BCUT2D eigenvalue weighted by Gasteiger charge is 2.75. The van der Waals surface area contributed by atoms with Gasteiger partial charge in [-0.05, 0) is 0 Å². The summed E-state index contributed by atoms with van der Waals surface area (Å²) >= 11 is 3.32. The third-order valence-corrected chi connectivity index (χ3v) is 1.72. The number of nitrogens with one attached hydrogen (secondary N) is 1. The molecule has 16 heavy (non-hydrogen) atoms. The summed E-state index contributed by atoms with van der Waals surface area (Å²) in [6, 6.07) is 0. The molecule has 11 heteroatoms. The van der Waals surface area contributed by atoms with E-state index in [1.807, 2.05) is 0 Å². The predicted molar refractivity (Wildman–Crippen MR) is 38.5 cm³/mol. The smallest absolute Gasteiger partial charge is 0.315 e. The van der Waals surface area contributed by atoms with E-state index in [0.29, 0.717) is 0 Å². The van der Waals surface area contributed by atoms with Gasteiger partial charge in [-0.1, -0.05) is 0 Å². The Bertz CT molecular complexity index is 384. The Labute approximate surface area is 88.5 Å². The highest BCUT2D eigenvalue weighted by Crippen LogP contribution is 2.50. The van der Waals surface area contributed by atoms with Gasteiger partial charge in [-0.15, -0.1) is 22.8 Å². The molecule has 0 aliphatic carbocycles. The van der Waals surface area contributed by atoms with Crippen LogP contribution in [0.1, 0.15) is 5.82 Å². The zero-order valence-electron chi connectivity index (χ0n) is 6.99. The number of alkyl halides is 7. The maximum Gasteiger partial charge on any atom is 0.460 e. The fourth-order valence-corrected chi connectivity index (χ4v) is 0.872. The van der Waals surface area contributed by atoms with Crippen molar-refractivity contribution in [3.63, 3.8) is 0 Å². The third kappa shape index (κ3) is 1.83. The number of aromatic nitrogens is 3. The van der Waals surface area contributed by atoms with Gasteiger partial charge in [0.25, 0.3) is 0 Å². The van der Waals surface area contributed by atoms with Crippen LogP contribution in [0.25, 0.3) is 0 Å². The van der Waals surface area contributed by atoms with Gasteiger partial charge in [0.15, 0.2) is 5.16 Å². The molecule has 0 aromatic carbocycles. The number of aromatic amines is 1. The van der Waals surface area contributed by atoms with E-state index in [0.717, 1.165) is 0 Å². The van der Waals surface area contributed by atoms with Crippen LogP contribution >= 0.6 is 12.6 Å². The maximum atomic E-state index is 12.8. The first-order valence-electron chi connectivity index (χ1n) is 3.44. The standard InChI is InChI=1S/C5H2F7N3S/c6-3(7,1-13-2(16)15-14-1)4(8,9)5(10,11)12/h(H2,13,14,15,16). The fourth-order valence-electron chi connectivity index (χ4n) is 0.721. The molecule has 1 rings (SSSR count).